The normalized spacial score (nSPS) is 12.4. The molecule has 1 rings (SSSR count). The lowest BCUT2D eigenvalue weighted by molar-refractivity contribution is 0.441. The Kier molecular flexibility index (Phi) is 3.14. The Morgan fingerprint density at radius 1 is 1.50 bits per heavy atom. The van der Waals surface area contributed by atoms with Crippen LogP contribution in [0.1, 0.15) is 24.9 Å². The standard InChI is InChI=1S/C11H15NO2/c1-7(2)5-10(12)9-4-3-8(13)6-11(9)14/h3-4,6,10,13-14H,1,5,12H2,2H3/t10-/m1/s1. The van der Waals surface area contributed by atoms with Crippen LogP contribution in [-0.2, 0) is 0 Å². The van der Waals surface area contributed by atoms with Crippen molar-refractivity contribution in [2.24, 2.45) is 5.73 Å². The van der Waals surface area contributed by atoms with Gasteiger partial charge in [0.1, 0.15) is 11.5 Å². The topological polar surface area (TPSA) is 66.5 Å². The second-order valence-corrected chi connectivity index (χ2v) is 3.51. The summed E-state index contributed by atoms with van der Waals surface area (Å²) in [5, 5.41) is 18.6. The Bertz CT molecular complexity index is 347. The van der Waals surface area contributed by atoms with E-state index >= 15 is 0 Å². The summed E-state index contributed by atoms with van der Waals surface area (Å²) in [6.07, 6.45) is 0.623. The molecule has 0 aromatic heterocycles. The van der Waals surface area contributed by atoms with Crippen LogP contribution in [0, 0.1) is 0 Å². The molecule has 14 heavy (non-hydrogen) atoms. The minimum Gasteiger partial charge on any atom is -0.508 e. The molecule has 0 radical (unpaired) electrons. The Labute approximate surface area is 83.5 Å². The Hall–Kier alpha value is -1.48. The quantitative estimate of drug-likeness (QED) is 0.644. The highest BCUT2D eigenvalue weighted by atomic mass is 16.3. The zero-order valence-corrected chi connectivity index (χ0v) is 8.20. The summed E-state index contributed by atoms with van der Waals surface area (Å²) in [5.74, 6) is 0.0625. The Morgan fingerprint density at radius 2 is 2.14 bits per heavy atom. The molecule has 3 heteroatoms. The number of phenolic OH excluding ortho intramolecular Hbond substituents is 2. The molecule has 1 atom stereocenters. The first kappa shape index (κ1) is 10.6. The van der Waals surface area contributed by atoms with Crippen molar-refractivity contribution in [3.63, 3.8) is 0 Å². The average Bonchev–Trinajstić information content (AvgIpc) is 2.01. The van der Waals surface area contributed by atoms with Gasteiger partial charge < -0.3 is 15.9 Å². The smallest absolute Gasteiger partial charge is 0.124 e. The van der Waals surface area contributed by atoms with E-state index in [1.54, 1.807) is 6.07 Å². The molecule has 0 bridgehead atoms. The van der Waals surface area contributed by atoms with E-state index in [1.807, 2.05) is 6.92 Å². The van der Waals surface area contributed by atoms with Crippen LogP contribution in [0.5, 0.6) is 11.5 Å². The fourth-order valence-electron chi connectivity index (χ4n) is 1.33. The molecule has 0 spiro atoms. The second-order valence-electron chi connectivity index (χ2n) is 3.51. The first-order valence-corrected chi connectivity index (χ1v) is 4.42. The summed E-state index contributed by atoms with van der Waals surface area (Å²) in [5.41, 5.74) is 7.44. The SMILES string of the molecule is C=C(C)C[C@@H](N)c1ccc(O)cc1O. The average molecular weight is 193 g/mol. The third-order valence-electron chi connectivity index (χ3n) is 1.98. The van der Waals surface area contributed by atoms with Crippen LogP contribution in [0.2, 0.25) is 0 Å². The molecule has 0 saturated carbocycles. The van der Waals surface area contributed by atoms with E-state index in [0.29, 0.717) is 12.0 Å². The lowest BCUT2D eigenvalue weighted by Crippen LogP contribution is -2.10. The van der Waals surface area contributed by atoms with Gasteiger partial charge in [-0.1, -0.05) is 11.6 Å². The van der Waals surface area contributed by atoms with Crippen LogP contribution in [0.25, 0.3) is 0 Å². The number of aromatic hydroxyl groups is 2. The van der Waals surface area contributed by atoms with Crippen molar-refractivity contribution >= 4 is 0 Å². The molecule has 1 aromatic carbocycles. The van der Waals surface area contributed by atoms with Crippen molar-refractivity contribution in [3.8, 4) is 11.5 Å². The number of nitrogens with two attached hydrogens (primary N) is 1. The second kappa shape index (κ2) is 4.15. The molecular weight excluding hydrogens is 178 g/mol. The van der Waals surface area contributed by atoms with E-state index in [9.17, 15) is 5.11 Å². The molecule has 1 aromatic rings. The zero-order valence-electron chi connectivity index (χ0n) is 8.20. The fourth-order valence-corrected chi connectivity index (χ4v) is 1.33. The van der Waals surface area contributed by atoms with Crippen LogP contribution in [0.4, 0.5) is 0 Å². The summed E-state index contributed by atoms with van der Waals surface area (Å²) in [7, 11) is 0. The number of hydrogen-bond donors (Lipinski definition) is 3. The highest BCUT2D eigenvalue weighted by Crippen LogP contribution is 2.29. The lowest BCUT2D eigenvalue weighted by atomic mass is 10.0. The lowest BCUT2D eigenvalue weighted by Gasteiger charge is -2.13. The first-order chi connectivity index (χ1) is 6.50. The minimum atomic E-state index is -0.270. The third kappa shape index (κ3) is 2.50. The van der Waals surface area contributed by atoms with Gasteiger partial charge in [-0.05, 0) is 19.4 Å². The van der Waals surface area contributed by atoms with E-state index < -0.39 is 0 Å². The van der Waals surface area contributed by atoms with Crippen LogP contribution < -0.4 is 5.73 Å². The van der Waals surface area contributed by atoms with Gasteiger partial charge in [-0.25, -0.2) is 0 Å². The summed E-state index contributed by atoms with van der Waals surface area (Å²) in [4.78, 5) is 0. The summed E-state index contributed by atoms with van der Waals surface area (Å²) in [6.45, 7) is 5.64. The zero-order chi connectivity index (χ0) is 10.7. The molecule has 0 aliphatic carbocycles. The monoisotopic (exact) mass is 193 g/mol. The summed E-state index contributed by atoms with van der Waals surface area (Å²) < 4.78 is 0. The highest BCUT2D eigenvalue weighted by Gasteiger charge is 2.11. The Balaban J connectivity index is 2.90. The maximum Gasteiger partial charge on any atom is 0.124 e. The summed E-state index contributed by atoms with van der Waals surface area (Å²) >= 11 is 0. The van der Waals surface area contributed by atoms with Gasteiger partial charge in [0.05, 0.1) is 0 Å². The molecular formula is C11H15NO2. The number of rotatable bonds is 3. The van der Waals surface area contributed by atoms with Crippen LogP contribution in [0.15, 0.2) is 30.4 Å². The molecule has 0 fully saturated rings. The van der Waals surface area contributed by atoms with Gasteiger partial charge in [-0.2, -0.15) is 0 Å². The van der Waals surface area contributed by atoms with Gasteiger partial charge in [0, 0.05) is 17.7 Å². The van der Waals surface area contributed by atoms with Crippen molar-refractivity contribution < 1.29 is 10.2 Å². The van der Waals surface area contributed by atoms with Gasteiger partial charge in [0.25, 0.3) is 0 Å². The first-order valence-electron chi connectivity index (χ1n) is 4.42. The molecule has 3 nitrogen and oxygen atoms in total. The van der Waals surface area contributed by atoms with Crippen molar-refractivity contribution in [3.05, 3.63) is 35.9 Å². The van der Waals surface area contributed by atoms with Crippen molar-refractivity contribution in [2.75, 3.05) is 0 Å². The minimum absolute atomic E-state index is 0.0266. The molecule has 0 amide bonds. The predicted molar refractivity (Wildman–Crippen MR) is 56.1 cm³/mol. The van der Waals surface area contributed by atoms with Gasteiger partial charge in [-0.15, -0.1) is 6.58 Å². The fraction of sp³-hybridized carbons (Fsp3) is 0.273. The molecule has 4 N–H and O–H groups in total. The van der Waals surface area contributed by atoms with Crippen LogP contribution in [0.3, 0.4) is 0 Å². The molecule has 76 valence electrons. The molecule has 0 unspecified atom stereocenters. The van der Waals surface area contributed by atoms with E-state index in [4.69, 9.17) is 10.8 Å². The van der Waals surface area contributed by atoms with Gasteiger partial charge >= 0.3 is 0 Å². The molecule has 0 aliphatic rings. The van der Waals surface area contributed by atoms with E-state index in [-0.39, 0.29) is 17.5 Å². The van der Waals surface area contributed by atoms with E-state index in [2.05, 4.69) is 6.58 Å². The van der Waals surface area contributed by atoms with Crippen LogP contribution >= 0.6 is 0 Å². The Morgan fingerprint density at radius 3 is 2.64 bits per heavy atom. The summed E-state index contributed by atoms with van der Waals surface area (Å²) in [6, 6.07) is 4.15. The highest BCUT2D eigenvalue weighted by molar-refractivity contribution is 5.41. The van der Waals surface area contributed by atoms with Crippen molar-refractivity contribution in [2.45, 2.75) is 19.4 Å². The maximum atomic E-state index is 9.50. The van der Waals surface area contributed by atoms with Crippen LogP contribution in [-0.4, -0.2) is 10.2 Å². The van der Waals surface area contributed by atoms with E-state index in [1.165, 1.54) is 12.1 Å². The van der Waals surface area contributed by atoms with Gasteiger partial charge in [0.15, 0.2) is 0 Å². The van der Waals surface area contributed by atoms with Gasteiger partial charge in [0.2, 0.25) is 0 Å². The van der Waals surface area contributed by atoms with Gasteiger partial charge in [-0.3, -0.25) is 0 Å². The van der Waals surface area contributed by atoms with Crippen molar-refractivity contribution in [1.82, 2.24) is 0 Å². The van der Waals surface area contributed by atoms with E-state index in [0.717, 1.165) is 5.57 Å². The molecule has 0 saturated heterocycles. The molecule has 0 heterocycles. The number of phenols is 2. The maximum absolute atomic E-state index is 9.50. The third-order valence-corrected chi connectivity index (χ3v) is 1.98. The number of hydrogen-bond acceptors (Lipinski definition) is 3. The largest absolute Gasteiger partial charge is 0.508 e. The predicted octanol–water partition coefficient (Wildman–Crippen LogP) is 2.06. The van der Waals surface area contributed by atoms with Crippen molar-refractivity contribution in [1.29, 1.82) is 0 Å². The number of benzene rings is 1. The molecule has 0 aliphatic heterocycles.